The lowest BCUT2D eigenvalue weighted by atomic mass is 10.0. The molecule has 1 atom stereocenters. The Balaban J connectivity index is 0.972. The van der Waals surface area contributed by atoms with Crippen molar-refractivity contribution in [3.05, 3.63) is 64.7 Å². The molecule has 11 heteroatoms. The van der Waals surface area contributed by atoms with Crippen molar-refractivity contribution in [1.82, 2.24) is 24.9 Å². The number of nitrogens with one attached hydrogen (secondary N) is 1. The molecule has 4 heterocycles. The van der Waals surface area contributed by atoms with Crippen LogP contribution >= 0.6 is 0 Å². The third kappa shape index (κ3) is 6.94. The van der Waals surface area contributed by atoms with Crippen molar-refractivity contribution in [3.8, 4) is 0 Å². The van der Waals surface area contributed by atoms with E-state index >= 15 is 0 Å². The molecular weight excluding hydrogens is 572 g/mol. The second kappa shape index (κ2) is 13.5. The van der Waals surface area contributed by atoms with E-state index in [1.54, 1.807) is 12.1 Å². The van der Waals surface area contributed by atoms with Crippen LogP contribution in [-0.4, -0.2) is 108 Å². The van der Waals surface area contributed by atoms with Gasteiger partial charge in [-0.2, -0.15) is 0 Å². The Morgan fingerprint density at radius 3 is 2.24 bits per heavy atom. The zero-order chi connectivity index (χ0) is 31.5. The molecule has 11 nitrogen and oxygen atoms in total. The van der Waals surface area contributed by atoms with Gasteiger partial charge < -0.3 is 14.7 Å². The van der Waals surface area contributed by atoms with Gasteiger partial charge in [0, 0.05) is 77.4 Å². The van der Waals surface area contributed by atoms with Gasteiger partial charge in [-0.25, -0.2) is 0 Å². The van der Waals surface area contributed by atoms with E-state index in [1.165, 1.54) is 17.5 Å². The Morgan fingerprint density at radius 1 is 0.844 bits per heavy atom. The van der Waals surface area contributed by atoms with E-state index in [1.807, 2.05) is 11.0 Å². The van der Waals surface area contributed by atoms with E-state index in [9.17, 15) is 24.0 Å². The number of piperazine rings is 1. The molecule has 4 aliphatic heterocycles. The molecule has 5 amide bonds. The first-order valence-corrected chi connectivity index (χ1v) is 16.1. The topological polar surface area (TPSA) is 114 Å². The number of carbonyl (C=O) groups excluding carboxylic acids is 5. The molecule has 0 bridgehead atoms. The fraction of sp³-hybridized carbons (Fsp3) is 0.500. The fourth-order valence-corrected chi connectivity index (χ4v) is 6.81. The van der Waals surface area contributed by atoms with Gasteiger partial charge in [-0.1, -0.05) is 24.3 Å². The van der Waals surface area contributed by atoms with Crippen molar-refractivity contribution in [1.29, 1.82) is 0 Å². The Hall–Kier alpha value is -4.09. The van der Waals surface area contributed by atoms with Gasteiger partial charge in [-0.15, -0.1) is 0 Å². The quantitative estimate of drug-likeness (QED) is 0.428. The van der Waals surface area contributed by atoms with Crippen molar-refractivity contribution < 1.29 is 24.0 Å². The van der Waals surface area contributed by atoms with Crippen LogP contribution in [0.25, 0.3) is 0 Å². The summed E-state index contributed by atoms with van der Waals surface area (Å²) in [6, 6.07) is 13.1. The minimum absolute atomic E-state index is 0.100. The zero-order valence-corrected chi connectivity index (χ0v) is 26.0. The highest BCUT2D eigenvalue weighted by atomic mass is 16.2. The Labute approximate surface area is 264 Å². The van der Waals surface area contributed by atoms with Gasteiger partial charge in [0.1, 0.15) is 6.04 Å². The number of fused-ring (bicyclic) bond motifs is 1. The van der Waals surface area contributed by atoms with E-state index < -0.39 is 23.8 Å². The maximum atomic E-state index is 13.2. The minimum Gasteiger partial charge on any atom is -0.369 e. The largest absolute Gasteiger partial charge is 0.369 e. The Bertz CT molecular complexity index is 1460. The zero-order valence-electron chi connectivity index (χ0n) is 26.0. The molecule has 238 valence electrons. The number of imide groups is 2. The maximum absolute atomic E-state index is 13.2. The number of hydrogen-bond acceptors (Lipinski definition) is 8. The highest BCUT2D eigenvalue weighted by Gasteiger charge is 2.44. The van der Waals surface area contributed by atoms with Crippen LogP contribution in [-0.2, 0) is 27.5 Å². The molecule has 1 unspecified atom stereocenters. The smallest absolute Gasteiger partial charge is 0.262 e. The third-order valence-electron chi connectivity index (χ3n) is 9.46. The number of piperidine rings is 2. The van der Waals surface area contributed by atoms with E-state index in [0.29, 0.717) is 17.5 Å². The van der Waals surface area contributed by atoms with Crippen molar-refractivity contribution >= 4 is 35.2 Å². The summed E-state index contributed by atoms with van der Waals surface area (Å²) < 4.78 is 0. The van der Waals surface area contributed by atoms with Crippen LogP contribution in [0.15, 0.2) is 42.5 Å². The highest BCUT2D eigenvalue weighted by molar-refractivity contribution is 6.23. The summed E-state index contributed by atoms with van der Waals surface area (Å²) in [4.78, 5) is 72.5. The van der Waals surface area contributed by atoms with Crippen LogP contribution < -0.4 is 10.2 Å². The van der Waals surface area contributed by atoms with Crippen molar-refractivity contribution in [2.45, 2.75) is 57.7 Å². The molecule has 4 aliphatic rings. The van der Waals surface area contributed by atoms with Crippen molar-refractivity contribution in [2.75, 3.05) is 57.8 Å². The van der Waals surface area contributed by atoms with Gasteiger partial charge in [-0.3, -0.25) is 39.1 Å². The number of rotatable bonds is 9. The molecule has 2 aromatic carbocycles. The van der Waals surface area contributed by atoms with Crippen LogP contribution in [0, 0.1) is 0 Å². The summed E-state index contributed by atoms with van der Waals surface area (Å²) >= 11 is 0. The second-order valence-electron chi connectivity index (χ2n) is 12.7. The molecule has 0 radical (unpaired) electrons. The van der Waals surface area contributed by atoms with Gasteiger partial charge in [0.05, 0.1) is 11.1 Å². The van der Waals surface area contributed by atoms with E-state index in [0.717, 1.165) is 82.3 Å². The molecule has 0 aromatic heterocycles. The monoisotopic (exact) mass is 614 g/mol. The molecule has 0 aliphatic carbocycles. The maximum Gasteiger partial charge on any atom is 0.262 e. The molecule has 3 fully saturated rings. The number of nitrogens with zero attached hydrogens (tertiary/aromatic N) is 5. The number of benzene rings is 2. The third-order valence-corrected chi connectivity index (χ3v) is 9.46. The van der Waals surface area contributed by atoms with Crippen LogP contribution in [0.3, 0.4) is 0 Å². The lowest BCUT2D eigenvalue weighted by Crippen LogP contribution is -2.54. The summed E-state index contributed by atoms with van der Waals surface area (Å²) in [5, 5.41) is 2.24. The van der Waals surface area contributed by atoms with Crippen molar-refractivity contribution in [3.63, 3.8) is 0 Å². The first kappa shape index (κ1) is 30.9. The van der Waals surface area contributed by atoms with Gasteiger partial charge in [-0.05, 0) is 62.1 Å². The second-order valence-corrected chi connectivity index (χ2v) is 12.7. The Morgan fingerprint density at radius 2 is 1.53 bits per heavy atom. The number of anilines is 1. The molecule has 45 heavy (non-hydrogen) atoms. The molecule has 2 aromatic rings. The number of hydrogen-bond donors (Lipinski definition) is 1. The lowest BCUT2D eigenvalue weighted by Gasteiger charge is -2.36. The number of likely N-dealkylation sites (tertiary alicyclic amines) is 1. The van der Waals surface area contributed by atoms with E-state index in [2.05, 4.69) is 51.3 Å². The van der Waals surface area contributed by atoms with Crippen molar-refractivity contribution in [2.24, 2.45) is 0 Å². The standard InChI is InChI=1S/C34H42N6O5/c1-36(16-13-31(42)39-14-3-2-4-15-39)22-24-5-7-25(8-6-24)23-37-17-19-38(20-18-37)26-9-10-27-28(21-26)34(45)40(33(27)44)29-11-12-30(41)35-32(29)43/h5-10,21,29H,2-4,11-20,22-23H2,1H3,(H,35,41,43). The summed E-state index contributed by atoms with van der Waals surface area (Å²) in [5.74, 6) is -1.68. The summed E-state index contributed by atoms with van der Waals surface area (Å²) in [5.41, 5.74) is 3.98. The van der Waals surface area contributed by atoms with Gasteiger partial charge in [0.2, 0.25) is 17.7 Å². The molecule has 1 N–H and O–H groups in total. The van der Waals surface area contributed by atoms with Crippen LogP contribution in [0.1, 0.15) is 70.4 Å². The molecule has 0 saturated carbocycles. The average molecular weight is 615 g/mol. The molecule has 6 rings (SSSR count). The highest BCUT2D eigenvalue weighted by Crippen LogP contribution is 2.31. The lowest BCUT2D eigenvalue weighted by molar-refractivity contribution is -0.136. The first-order valence-electron chi connectivity index (χ1n) is 16.1. The fourth-order valence-electron chi connectivity index (χ4n) is 6.81. The predicted molar refractivity (Wildman–Crippen MR) is 168 cm³/mol. The SMILES string of the molecule is CN(CCC(=O)N1CCCCC1)Cc1ccc(CN2CCN(c3ccc4c(c3)C(=O)N(C3CCC(=O)NC3=O)C4=O)CC2)cc1. The summed E-state index contributed by atoms with van der Waals surface area (Å²) in [7, 11) is 2.07. The molecule has 3 saturated heterocycles. The van der Waals surface area contributed by atoms with Gasteiger partial charge in [0.15, 0.2) is 0 Å². The van der Waals surface area contributed by atoms with Crippen LogP contribution in [0.2, 0.25) is 0 Å². The predicted octanol–water partition coefficient (Wildman–Crippen LogP) is 2.24. The number of amides is 5. The molecular formula is C34H42N6O5. The van der Waals surface area contributed by atoms with Gasteiger partial charge >= 0.3 is 0 Å². The number of carbonyl (C=O) groups is 5. The Kier molecular flexibility index (Phi) is 9.27. The van der Waals surface area contributed by atoms with E-state index in [-0.39, 0.29) is 24.7 Å². The van der Waals surface area contributed by atoms with Crippen LogP contribution in [0.5, 0.6) is 0 Å². The normalized spacial score (nSPS) is 21.0. The summed E-state index contributed by atoms with van der Waals surface area (Å²) in [6.45, 7) is 7.54. The van der Waals surface area contributed by atoms with Gasteiger partial charge in [0.25, 0.3) is 11.8 Å². The van der Waals surface area contributed by atoms with Crippen LogP contribution in [0.4, 0.5) is 5.69 Å². The first-order chi connectivity index (χ1) is 21.8. The average Bonchev–Trinajstić information content (AvgIpc) is 3.30. The minimum atomic E-state index is -0.961. The summed E-state index contributed by atoms with van der Waals surface area (Å²) in [6.07, 6.45) is 4.29. The molecule has 0 spiro atoms. The van der Waals surface area contributed by atoms with E-state index in [4.69, 9.17) is 0 Å².